The van der Waals surface area contributed by atoms with E-state index in [0.29, 0.717) is 44.3 Å². The van der Waals surface area contributed by atoms with Crippen molar-refractivity contribution >= 4 is 12.2 Å². The fourth-order valence-electron chi connectivity index (χ4n) is 3.43. The van der Waals surface area contributed by atoms with Crippen LogP contribution in [0.1, 0.15) is 72.5 Å². The van der Waals surface area contributed by atoms with Gasteiger partial charge in [-0.25, -0.2) is 9.59 Å². The van der Waals surface area contributed by atoms with Crippen LogP contribution in [0, 0.1) is 5.92 Å². The van der Waals surface area contributed by atoms with Crippen molar-refractivity contribution < 1.29 is 28.9 Å². The first-order valence-corrected chi connectivity index (χ1v) is 11.7. The smallest absolute Gasteiger partial charge is 0.410 e. The van der Waals surface area contributed by atoms with Gasteiger partial charge in [0.25, 0.3) is 0 Å². The highest BCUT2D eigenvalue weighted by molar-refractivity contribution is 5.68. The molecule has 2 rings (SSSR count). The molecular weight excluding hydrogens is 424 g/mol. The number of alkyl carbamates (subject to hydrolysis) is 1. The Labute approximate surface area is 197 Å². The van der Waals surface area contributed by atoms with E-state index in [1.807, 2.05) is 45.0 Å². The fraction of sp³-hybridized carbons (Fsp3) is 0.680. The molecule has 0 radical (unpaired) electrons. The van der Waals surface area contributed by atoms with E-state index >= 15 is 0 Å². The van der Waals surface area contributed by atoms with Crippen LogP contribution in [0.2, 0.25) is 0 Å². The Kier molecular flexibility index (Phi) is 9.40. The highest BCUT2D eigenvalue weighted by atomic mass is 16.6. The van der Waals surface area contributed by atoms with E-state index in [1.165, 1.54) is 0 Å². The molecule has 1 saturated heterocycles. The van der Waals surface area contributed by atoms with Crippen LogP contribution in [0.3, 0.4) is 0 Å². The van der Waals surface area contributed by atoms with Crippen LogP contribution < -0.4 is 10.1 Å². The van der Waals surface area contributed by atoms with Crippen molar-refractivity contribution in [2.45, 2.75) is 78.1 Å². The zero-order chi connectivity index (χ0) is 24.6. The molecule has 0 saturated carbocycles. The number of nitrogens with zero attached hydrogens (tertiary/aromatic N) is 1. The molecule has 2 N–H and O–H groups in total. The van der Waals surface area contributed by atoms with Crippen LogP contribution in [0.15, 0.2) is 24.3 Å². The zero-order valence-electron chi connectivity index (χ0n) is 20.8. The quantitative estimate of drug-likeness (QED) is 0.609. The summed E-state index contributed by atoms with van der Waals surface area (Å²) in [5, 5.41) is 13.1. The first kappa shape index (κ1) is 26.8. The predicted molar refractivity (Wildman–Crippen MR) is 126 cm³/mol. The van der Waals surface area contributed by atoms with Crippen molar-refractivity contribution in [2.24, 2.45) is 5.92 Å². The minimum atomic E-state index is -0.722. The molecule has 1 aliphatic heterocycles. The van der Waals surface area contributed by atoms with Gasteiger partial charge in [-0.3, -0.25) is 0 Å². The Hall–Kier alpha value is -2.48. The molecule has 2 amide bonds. The zero-order valence-corrected chi connectivity index (χ0v) is 20.8. The van der Waals surface area contributed by atoms with Gasteiger partial charge in [0.1, 0.15) is 17.0 Å². The summed E-state index contributed by atoms with van der Waals surface area (Å²) in [5.41, 5.74) is -0.308. The normalized spacial score (nSPS) is 16.2. The van der Waals surface area contributed by atoms with Crippen molar-refractivity contribution in [3.05, 3.63) is 29.8 Å². The standard InChI is InChI=1S/C25H40N2O6/c1-24(2,3)32-22(29)26-13-10-21(28)19-8-7-9-20(16-19)31-17-18-11-14-27(15-12-18)23(30)33-25(4,5)6/h7-9,16,18,21,28H,10-15,17H2,1-6H3,(H,26,29). The number of hydrogen-bond acceptors (Lipinski definition) is 6. The third kappa shape index (κ3) is 10.3. The Morgan fingerprint density at radius 2 is 1.73 bits per heavy atom. The van der Waals surface area contributed by atoms with Crippen molar-refractivity contribution in [3.63, 3.8) is 0 Å². The van der Waals surface area contributed by atoms with E-state index < -0.39 is 23.4 Å². The number of aliphatic hydroxyl groups is 1. The predicted octanol–water partition coefficient (Wildman–Crippen LogP) is 4.66. The van der Waals surface area contributed by atoms with Gasteiger partial charge in [0, 0.05) is 19.6 Å². The number of likely N-dealkylation sites (tertiary alicyclic amines) is 1. The number of nitrogens with one attached hydrogen (secondary N) is 1. The molecule has 0 aliphatic carbocycles. The topological polar surface area (TPSA) is 97.3 Å². The molecule has 1 atom stereocenters. The SMILES string of the molecule is CC(C)(C)OC(=O)NCCC(O)c1cccc(OCC2CCN(C(=O)OC(C)(C)C)CC2)c1. The number of carbonyl (C=O) groups excluding carboxylic acids is 2. The maximum Gasteiger partial charge on any atom is 0.410 e. The molecule has 1 unspecified atom stereocenters. The second kappa shape index (κ2) is 11.6. The molecule has 0 spiro atoms. The summed E-state index contributed by atoms with van der Waals surface area (Å²) in [4.78, 5) is 25.7. The molecular formula is C25H40N2O6. The molecule has 1 fully saturated rings. The lowest BCUT2D eigenvalue weighted by Gasteiger charge is -2.33. The van der Waals surface area contributed by atoms with E-state index in [9.17, 15) is 14.7 Å². The molecule has 1 aromatic carbocycles. The molecule has 0 bridgehead atoms. The van der Waals surface area contributed by atoms with Crippen LogP contribution in [0.25, 0.3) is 0 Å². The average molecular weight is 465 g/mol. The average Bonchev–Trinajstić information content (AvgIpc) is 2.70. The maximum atomic E-state index is 12.2. The fourth-order valence-corrected chi connectivity index (χ4v) is 3.43. The van der Waals surface area contributed by atoms with E-state index in [0.717, 1.165) is 18.4 Å². The van der Waals surface area contributed by atoms with Gasteiger partial charge >= 0.3 is 12.2 Å². The molecule has 8 nitrogen and oxygen atoms in total. The van der Waals surface area contributed by atoms with Crippen LogP contribution in [-0.4, -0.2) is 59.6 Å². The largest absolute Gasteiger partial charge is 0.493 e. The van der Waals surface area contributed by atoms with Crippen LogP contribution in [0.5, 0.6) is 5.75 Å². The van der Waals surface area contributed by atoms with Gasteiger partial charge in [0.2, 0.25) is 0 Å². The Morgan fingerprint density at radius 3 is 2.33 bits per heavy atom. The van der Waals surface area contributed by atoms with Crippen LogP contribution in [0.4, 0.5) is 9.59 Å². The van der Waals surface area contributed by atoms with Gasteiger partial charge in [-0.15, -0.1) is 0 Å². The number of amides is 2. The molecule has 33 heavy (non-hydrogen) atoms. The van der Waals surface area contributed by atoms with Gasteiger partial charge < -0.3 is 29.5 Å². The summed E-state index contributed by atoms with van der Waals surface area (Å²) in [6.45, 7) is 13.2. The highest BCUT2D eigenvalue weighted by Crippen LogP contribution is 2.24. The van der Waals surface area contributed by atoms with E-state index in [2.05, 4.69) is 5.32 Å². The lowest BCUT2D eigenvalue weighted by molar-refractivity contribution is 0.0164. The van der Waals surface area contributed by atoms with Crippen molar-refractivity contribution in [1.29, 1.82) is 0 Å². The molecule has 1 aliphatic rings. The van der Waals surface area contributed by atoms with E-state index in [4.69, 9.17) is 14.2 Å². The number of hydrogen-bond donors (Lipinski definition) is 2. The van der Waals surface area contributed by atoms with Gasteiger partial charge in [-0.1, -0.05) is 12.1 Å². The van der Waals surface area contributed by atoms with Gasteiger partial charge in [0.15, 0.2) is 0 Å². The first-order valence-electron chi connectivity index (χ1n) is 11.7. The summed E-state index contributed by atoms with van der Waals surface area (Å²) in [7, 11) is 0. The minimum absolute atomic E-state index is 0.260. The summed E-state index contributed by atoms with van der Waals surface area (Å²) >= 11 is 0. The van der Waals surface area contributed by atoms with Crippen molar-refractivity contribution in [1.82, 2.24) is 10.2 Å². The monoisotopic (exact) mass is 464 g/mol. The van der Waals surface area contributed by atoms with Crippen LogP contribution >= 0.6 is 0 Å². The number of ether oxygens (including phenoxy) is 3. The number of carbonyl (C=O) groups is 2. The Bertz CT molecular complexity index is 776. The Balaban J connectivity index is 1.74. The molecule has 186 valence electrons. The highest BCUT2D eigenvalue weighted by Gasteiger charge is 2.27. The summed E-state index contributed by atoms with van der Waals surface area (Å²) in [6, 6.07) is 7.38. The molecule has 0 aromatic heterocycles. The lowest BCUT2D eigenvalue weighted by atomic mass is 9.98. The van der Waals surface area contributed by atoms with E-state index in [-0.39, 0.29) is 6.09 Å². The molecule has 1 aromatic rings. The number of rotatable bonds is 7. The molecule has 8 heteroatoms. The Morgan fingerprint density at radius 1 is 1.09 bits per heavy atom. The van der Waals surface area contributed by atoms with E-state index in [1.54, 1.807) is 25.7 Å². The summed E-state index contributed by atoms with van der Waals surface area (Å²) < 4.78 is 16.6. The van der Waals surface area contributed by atoms with Gasteiger partial charge in [0.05, 0.1) is 12.7 Å². The summed E-state index contributed by atoms with van der Waals surface area (Å²) in [5.74, 6) is 1.05. The number of aliphatic hydroxyl groups excluding tert-OH is 1. The lowest BCUT2D eigenvalue weighted by Crippen LogP contribution is -2.42. The molecule has 1 heterocycles. The van der Waals surface area contributed by atoms with Gasteiger partial charge in [-0.2, -0.15) is 0 Å². The second-order valence-electron chi connectivity index (χ2n) is 10.5. The second-order valence-corrected chi connectivity index (χ2v) is 10.5. The summed E-state index contributed by atoms with van der Waals surface area (Å²) in [6.07, 6.45) is 0.608. The van der Waals surface area contributed by atoms with Crippen LogP contribution in [-0.2, 0) is 9.47 Å². The number of benzene rings is 1. The number of piperidine rings is 1. The van der Waals surface area contributed by atoms with Crippen molar-refractivity contribution in [2.75, 3.05) is 26.2 Å². The maximum absolute atomic E-state index is 12.2. The third-order valence-electron chi connectivity index (χ3n) is 5.08. The third-order valence-corrected chi connectivity index (χ3v) is 5.08. The van der Waals surface area contributed by atoms with Gasteiger partial charge in [-0.05, 0) is 84.4 Å². The minimum Gasteiger partial charge on any atom is -0.493 e. The van der Waals surface area contributed by atoms with Crippen molar-refractivity contribution in [3.8, 4) is 5.75 Å². The first-order chi connectivity index (χ1) is 15.3.